The normalized spacial score (nSPS) is 20.2. The quantitative estimate of drug-likeness (QED) is 0.290. The van der Waals surface area contributed by atoms with Crippen LogP contribution in [0.1, 0.15) is 33.6 Å². The van der Waals surface area contributed by atoms with E-state index < -0.39 is 0 Å². The number of guanidine groups is 1. The van der Waals surface area contributed by atoms with Crippen LogP contribution in [0.15, 0.2) is 4.99 Å². The lowest BCUT2D eigenvalue weighted by atomic mass is 10.1. The molecule has 0 amide bonds. The van der Waals surface area contributed by atoms with Gasteiger partial charge >= 0.3 is 0 Å². The first-order valence-electron chi connectivity index (χ1n) is 7.94. The number of nitrogens with zero attached hydrogens (tertiary/aromatic N) is 2. The van der Waals surface area contributed by atoms with E-state index in [1.807, 2.05) is 0 Å². The van der Waals surface area contributed by atoms with E-state index in [1.165, 1.54) is 12.8 Å². The molecular weight excluding hydrogens is 379 g/mol. The highest BCUT2D eigenvalue weighted by molar-refractivity contribution is 14.0. The molecule has 1 aliphatic rings. The standard InChI is InChI=1S/C15H32N4O.HI/c1-5-16-15(17-8-6-7-13(2)3)18-11-14-12-19(4)9-10-20-14;/h13-14H,5-12H2,1-4H3,(H2,16,17,18);1H. The predicted octanol–water partition coefficient (Wildman–Crippen LogP) is 1.93. The number of morpholine rings is 1. The minimum absolute atomic E-state index is 0. The summed E-state index contributed by atoms with van der Waals surface area (Å²) in [5.41, 5.74) is 0. The summed E-state index contributed by atoms with van der Waals surface area (Å²) in [5.74, 6) is 1.68. The molecule has 1 atom stereocenters. The average molecular weight is 412 g/mol. The molecule has 21 heavy (non-hydrogen) atoms. The fourth-order valence-corrected chi connectivity index (χ4v) is 2.23. The number of hydrogen-bond donors (Lipinski definition) is 2. The van der Waals surface area contributed by atoms with Gasteiger partial charge in [-0.05, 0) is 32.7 Å². The Morgan fingerprint density at radius 3 is 2.76 bits per heavy atom. The molecule has 1 fully saturated rings. The van der Waals surface area contributed by atoms with Gasteiger partial charge < -0.3 is 20.3 Å². The fraction of sp³-hybridized carbons (Fsp3) is 0.933. The molecule has 0 aromatic heterocycles. The van der Waals surface area contributed by atoms with Gasteiger partial charge in [-0.25, -0.2) is 0 Å². The molecule has 1 heterocycles. The largest absolute Gasteiger partial charge is 0.374 e. The maximum Gasteiger partial charge on any atom is 0.191 e. The lowest BCUT2D eigenvalue weighted by Crippen LogP contribution is -2.43. The van der Waals surface area contributed by atoms with E-state index in [0.29, 0.717) is 0 Å². The first-order valence-corrected chi connectivity index (χ1v) is 7.94. The van der Waals surface area contributed by atoms with Gasteiger partial charge in [-0.3, -0.25) is 4.99 Å². The van der Waals surface area contributed by atoms with Gasteiger partial charge in [-0.15, -0.1) is 24.0 Å². The van der Waals surface area contributed by atoms with Crippen molar-refractivity contribution in [2.45, 2.75) is 39.7 Å². The smallest absolute Gasteiger partial charge is 0.191 e. The van der Waals surface area contributed by atoms with Gasteiger partial charge in [-0.2, -0.15) is 0 Å². The lowest BCUT2D eigenvalue weighted by Gasteiger charge is -2.29. The van der Waals surface area contributed by atoms with Crippen LogP contribution in [0.2, 0.25) is 0 Å². The van der Waals surface area contributed by atoms with Crippen LogP contribution in [0.4, 0.5) is 0 Å². The van der Waals surface area contributed by atoms with Gasteiger partial charge in [0.15, 0.2) is 5.96 Å². The summed E-state index contributed by atoms with van der Waals surface area (Å²) in [4.78, 5) is 6.93. The molecule has 1 unspecified atom stereocenters. The second-order valence-electron chi connectivity index (χ2n) is 5.94. The van der Waals surface area contributed by atoms with Crippen LogP contribution in [0.3, 0.4) is 0 Å². The first-order chi connectivity index (χ1) is 9.61. The number of halogens is 1. The lowest BCUT2D eigenvalue weighted by molar-refractivity contribution is -0.0136. The van der Waals surface area contributed by atoms with Gasteiger partial charge in [-0.1, -0.05) is 13.8 Å². The van der Waals surface area contributed by atoms with E-state index in [-0.39, 0.29) is 30.1 Å². The van der Waals surface area contributed by atoms with Crippen molar-refractivity contribution in [3.05, 3.63) is 0 Å². The van der Waals surface area contributed by atoms with Gasteiger partial charge in [0.25, 0.3) is 0 Å². The number of hydrogen-bond acceptors (Lipinski definition) is 3. The molecule has 1 aliphatic heterocycles. The predicted molar refractivity (Wildman–Crippen MR) is 101 cm³/mol. The number of likely N-dealkylation sites (N-methyl/N-ethyl adjacent to an activating group) is 1. The van der Waals surface area contributed by atoms with Crippen LogP contribution in [0.5, 0.6) is 0 Å². The van der Waals surface area contributed by atoms with Crippen molar-refractivity contribution in [1.82, 2.24) is 15.5 Å². The molecule has 2 N–H and O–H groups in total. The molecule has 6 heteroatoms. The van der Waals surface area contributed by atoms with Crippen LogP contribution in [0, 0.1) is 5.92 Å². The summed E-state index contributed by atoms with van der Waals surface area (Å²) < 4.78 is 5.73. The van der Waals surface area contributed by atoms with Crippen LogP contribution < -0.4 is 10.6 Å². The second kappa shape index (κ2) is 12.5. The van der Waals surface area contributed by atoms with E-state index in [2.05, 4.69) is 48.3 Å². The highest BCUT2D eigenvalue weighted by atomic mass is 127. The molecule has 0 radical (unpaired) electrons. The van der Waals surface area contributed by atoms with Gasteiger partial charge in [0, 0.05) is 26.2 Å². The third kappa shape index (κ3) is 10.3. The Bertz CT molecular complexity index is 287. The Morgan fingerprint density at radius 2 is 2.14 bits per heavy atom. The van der Waals surface area contributed by atoms with E-state index in [1.54, 1.807) is 0 Å². The van der Waals surface area contributed by atoms with Crippen molar-refractivity contribution in [2.75, 3.05) is 46.4 Å². The molecule has 0 spiro atoms. The van der Waals surface area contributed by atoms with Crippen molar-refractivity contribution >= 4 is 29.9 Å². The second-order valence-corrected chi connectivity index (χ2v) is 5.94. The molecular formula is C15H33IN4O. The van der Waals surface area contributed by atoms with Crippen LogP contribution in [-0.2, 0) is 4.74 Å². The molecule has 0 saturated carbocycles. The van der Waals surface area contributed by atoms with Crippen LogP contribution in [-0.4, -0.2) is 63.3 Å². The zero-order chi connectivity index (χ0) is 14.8. The number of nitrogens with one attached hydrogen (secondary N) is 2. The van der Waals surface area contributed by atoms with Crippen molar-refractivity contribution in [3.63, 3.8) is 0 Å². The Hall–Kier alpha value is -0.0800. The van der Waals surface area contributed by atoms with E-state index in [0.717, 1.165) is 51.2 Å². The third-order valence-corrected chi connectivity index (χ3v) is 3.39. The zero-order valence-electron chi connectivity index (χ0n) is 14.0. The summed E-state index contributed by atoms with van der Waals surface area (Å²) in [6.45, 7) is 12.0. The van der Waals surface area contributed by atoms with Crippen LogP contribution in [0.25, 0.3) is 0 Å². The number of ether oxygens (including phenoxy) is 1. The van der Waals surface area contributed by atoms with Gasteiger partial charge in [0.05, 0.1) is 19.3 Å². The number of aliphatic imine (C=N–C) groups is 1. The summed E-state index contributed by atoms with van der Waals surface area (Å²) in [6.07, 6.45) is 2.66. The topological polar surface area (TPSA) is 48.9 Å². The summed E-state index contributed by atoms with van der Waals surface area (Å²) in [7, 11) is 2.13. The minimum atomic E-state index is 0. The van der Waals surface area contributed by atoms with E-state index >= 15 is 0 Å². The molecule has 0 bridgehead atoms. The molecule has 0 aromatic carbocycles. The highest BCUT2D eigenvalue weighted by Crippen LogP contribution is 2.03. The maximum atomic E-state index is 5.73. The Labute approximate surface area is 147 Å². The molecule has 1 saturated heterocycles. The summed E-state index contributed by atoms with van der Waals surface area (Å²) >= 11 is 0. The molecule has 1 rings (SSSR count). The molecule has 126 valence electrons. The third-order valence-electron chi connectivity index (χ3n) is 3.39. The molecule has 5 nitrogen and oxygen atoms in total. The average Bonchev–Trinajstić information content (AvgIpc) is 2.40. The SMILES string of the molecule is CCNC(=NCC1CN(C)CCO1)NCCCC(C)C.I. The first kappa shape index (κ1) is 20.9. The zero-order valence-corrected chi connectivity index (χ0v) is 16.4. The Balaban J connectivity index is 0.00000400. The monoisotopic (exact) mass is 412 g/mol. The molecule has 0 aliphatic carbocycles. The van der Waals surface area contributed by atoms with Crippen molar-refractivity contribution < 1.29 is 4.74 Å². The summed E-state index contributed by atoms with van der Waals surface area (Å²) in [5, 5.41) is 6.69. The van der Waals surface area contributed by atoms with E-state index in [9.17, 15) is 0 Å². The number of rotatable bonds is 7. The Morgan fingerprint density at radius 1 is 1.38 bits per heavy atom. The maximum absolute atomic E-state index is 5.73. The minimum Gasteiger partial charge on any atom is -0.374 e. The van der Waals surface area contributed by atoms with Gasteiger partial charge in [0.1, 0.15) is 0 Å². The highest BCUT2D eigenvalue weighted by Gasteiger charge is 2.17. The van der Waals surface area contributed by atoms with Crippen LogP contribution >= 0.6 is 24.0 Å². The van der Waals surface area contributed by atoms with Crippen molar-refractivity contribution in [3.8, 4) is 0 Å². The molecule has 0 aromatic rings. The fourth-order valence-electron chi connectivity index (χ4n) is 2.23. The van der Waals surface area contributed by atoms with Gasteiger partial charge in [0.2, 0.25) is 0 Å². The Kier molecular flexibility index (Phi) is 12.4. The van der Waals surface area contributed by atoms with Crippen molar-refractivity contribution in [2.24, 2.45) is 10.9 Å². The summed E-state index contributed by atoms with van der Waals surface area (Å²) in [6, 6.07) is 0. The van der Waals surface area contributed by atoms with E-state index in [4.69, 9.17) is 4.74 Å². The van der Waals surface area contributed by atoms with Crippen molar-refractivity contribution in [1.29, 1.82) is 0 Å².